The van der Waals surface area contributed by atoms with E-state index in [0.29, 0.717) is 16.8 Å². The van der Waals surface area contributed by atoms with Crippen LogP contribution in [0.3, 0.4) is 0 Å². The summed E-state index contributed by atoms with van der Waals surface area (Å²) in [5.74, 6) is -0.258. The monoisotopic (exact) mass is 285 g/mol. The van der Waals surface area contributed by atoms with Crippen LogP contribution in [-0.4, -0.2) is 17.9 Å². The molecule has 1 amide bonds. The molecule has 2 N–H and O–H groups in total. The molecule has 108 valence electrons. The van der Waals surface area contributed by atoms with Gasteiger partial charge in [0.1, 0.15) is 0 Å². The van der Waals surface area contributed by atoms with Crippen LogP contribution < -0.4 is 10.6 Å². The van der Waals surface area contributed by atoms with Crippen molar-refractivity contribution >= 4 is 23.0 Å². The zero-order valence-corrected chi connectivity index (χ0v) is 11.7. The summed E-state index contributed by atoms with van der Waals surface area (Å²) in [6.07, 6.45) is 0. The van der Waals surface area contributed by atoms with Crippen molar-refractivity contribution in [1.82, 2.24) is 0 Å². The molecule has 0 aromatic heterocycles. The van der Waals surface area contributed by atoms with Crippen molar-refractivity contribution < 1.29 is 9.72 Å². The summed E-state index contributed by atoms with van der Waals surface area (Å²) < 4.78 is 0. The molecule has 0 saturated heterocycles. The normalized spacial score (nSPS) is 10.0. The van der Waals surface area contributed by atoms with E-state index < -0.39 is 4.92 Å². The highest BCUT2D eigenvalue weighted by Gasteiger charge is 2.12. The van der Waals surface area contributed by atoms with Gasteiger partial charge in [0.05, 0.1) is 4.92 Å². The van der Waals surface area contributed by atoms with Crippen LogP contribution >= 0.6 is 0 Å². The van der Waals surface area contributed by atoms with Crippen molar-refractivity contribution in [3.05, 3.63) is 63.7 Å². The molecule has 6 nitrogen and oxygen atoms in total. The summed E-state index contributed by atoms with van der Waals surface area (Å²) in [5, 5.41) is 16.4. The highest BCUT2D eigenvalue weighted by molar-refractivity contribution is 6.04. The Morgan fingerprint density at radius 3 is 2.24 bits per heavy atom. The van der Waals surface area contributed by atoms with Crippen molar-refractivity contribution in [2.75, 3.05) is 17.7 Å². The molecule has 0 atom stereocenters. The number of benzene rings is 2. The molecule has 0 spiro atoms. The lowest BCUT2D eigenvalue weighted by Crippen LogP contribution is -2.12. The summed E-state index contributed by atoms with van der Waals surface area (Å²) >= 11 is 0. The molecule has 21 heavy (non-hydrogen) atoms. The molecule has 0 fully saturated rings. The Hall–Kier alpha value is -2.89. The van der Waals surface area contributed by atoms with Crippen LogP contribution in [0.25, 0.3) is 0 Å². The van der Waals surface area contributed by atoms with E-state index in [-0.39, 0.29) is 11.6 Å². The Kier molecular flexibility index (Phi) is 4.18. The number of aryl methyl sites for hydroxylation is 1. The molecular weight excluding hydrogens is 270 g/mol. The van der Waals surface area contributed by atoms with Gasteiger partial charge in [-0.05, 0) is 43.3 Å². The highest BCUT2D eigenvalue weighted by atomic mass is 16.6. The lowest BCUT2D eigenvalue weighted by Gasteiger charge is -2.07. The minimum atomic E-state index is -0.447. The molecule has 0 saturated carbocycles. The van der Waals surface area contributed by atoms with Gasteiger partial charge in [-0.15, -0.1) is 0 Å². The predicted molar refractivity (Wildman–Crippen MR) is 81.8 cm³/mol. The first-order valence-electron chi connectivity index (χ1n) is 6.35. The van der Waals surface area contributed by atoms with Crippen LogP contribution in [0.2, 0.25) is 0 Å². The maximum absolute atomic E-state index is 12.1. The Morgan fingerprint density at radius 1 is 1.10 bits per heavy atom. The number of nitro groups is 1. The maximum Gasteiger partial charge on any atom is 0.272 e. The van der Waals surface area contributed by atoms with E-state index in [1.165, 1.54) is 12.1 Å². The number of carbonyl (C=O) groups excluding carboxylic acids is 1. The molecule has 2 aromatic rings. The van der Waals surface area contributed by atoms with Crippen LogP contribution in [0.15, 0.2) is 42.5 Å². The van der Waals surface area contributed by atoms with Crippen molar-refractivity contribution in [1.29, 1.82) is 0 Å². The zero-order valence-electron chi connectivity index (χ0n) is 11.7. The highest BCUT2D eigenvalue weighted by Crippen LogP contribution is 2.22. The van der Waals surface area contributed by atoms with Crippen molar-refractivity contribution in [3.8, 4) is 0 Å². The van der Waals surface area contributed by atoms with Crippen LogP contribution in [-0.2, 0) is 0 Å². The maximum atomic E-state index is 12.1. The summed E-state index contributed by atoms with van der Waals surface area (Å²) in [5.41, 5.74) is 2.50. The van der Waals surface area contributed by atoms with Crippen molar-refractivity contribution in [2.45, 2.75) is 6.92 Å². The fourth-order valence-corrected chi connectivity index (χ4v) is 1.93. The smallest absolute Gasteiger partial charge is 0.272 e. The molecule has 0 radical (unpaired) electrons. The van der Waals surface area contributed by atoms with Gasteiger partial charge < -0.3 is 10.6 Å². The lowest BCUT2D eigenvalue weighted by atomic mass is 10.1. The molecule has 6 heteroatoms. The summed E-state index contributed by atoms with van der Waals surface area (Å²) in [6, 6.07) is 11.5. The Bertz CT molecular complexity index is 681. The third kappa shape index (κ3) is 3.36. The van der Waals surface area contributed by atoms with Gasteiger partial charge in [-0.3, -0.25) is 14.9 Å². The van der Waals surface area contributed by atoms with Crippen LogP contribution in [0.5, 0.6) is 0 Å². The van der Waals surface area contributed by atoms with Gasteiger partial charge in [-0.25, -0.2) is 0 Å². The summed E-state index contributed by atoms with van der Waals surface area (Å²) in [7, 11) is 1.80. The Labute approximate surface area is 121 Å². The average Bonchev–Trinajstić information content (AvgIpc) is 2.47. The van der Waals surface area contributed by atoms with Crippen LogP contribution in [0.1, 0.15) is 15.9 Å². The third-order valence-corrected chi connectivity index (χ3v) is 3.09. The molecule has 0 aliphatic heterocycles. The third-order valence-electron chi connectivity index (χ3n) is 3.09. The minimum absolute atomic E-state index is 0.0337. The number of carbonyl (C=O) groups is 1. The van der Waals surface area contributed by atoms with E-state index in [1.54, 1.807) is 44.3 Å². The molecular formula is C15H15N3O3. The molecule has 2 aromatic carbocycles. The van der Waals surface area contributed by atoms with Gasteiger partial charge in [0.2, 0.25) is 0 Å². The quantitative estimate of drug-likeness (QED) is 0.667. The second-order valence-electron chi connectivity index (χ2n) is 4.54. The second kappa shape index (κ2) is 6.04. The standard InChI is InChI=1S/C15H15N3O3/c1-10-9-13(7-8-14(10)18(20)21)17-15(19)11-3-5-12(16-2)6-4-11/h3-9,16H,1-2H3,(H,17,19). The van der Waals surface area contributed by atoms with Crippen LogP contribution in [0, 0.1) is 17.0 Å². The summed E-state index contributed by atoms with van der Waals surface area (Å²) in [4.78, 5) is 22.4. The van der Waals surface area contributed by atoms with Gasteiger partial charge in [0.15, 0.2) is 0 Å². The molecule has 0 aliphatic carbocycles. The average molecular weight is 285 g/mol. The number of rotatable bonds is 4. The largest absolute Gasteiger partial charge is 0.388 e. The molecule has 0 unspecified atom stereocenters. The minimum Gasteiger partial charge on any atom is -0.388 e. The Balaban J connectivity index is 2.15. The number of nitrogens with zero attached hydrogens (tertiary/aromatic N) is 1. The predicted octanol–water partition coefficient (Wildman–Crippen LogP) is 3.20. The zero-order chi connectivity index (χ0) is 15.4. The fraction of sp³-hybridized carbons (Fsp3) is 0.133. The van der Waals surface area contributed by atoms with E-state index in [9.17, 15) is 14.9 Å². The number of anilines is 2. The van der Waals surface area contributed by atoms with E-state index in [0.717, 1.165) is 5.69 Å². The van der Waals surface area contributed by atoms with E-state index >= 15 is 0 Å². The number of nitrogens with one attached hydrogen (secondary N) is 2. The first-order chi connectivity index (χ1) is 10.0. The summed E-state index contributed by atoms with van der Waals surface area (Å²) in [6.45, 7) is 1.63. The van der Waals surface area contributed by atoms with Crippen LogP contribution in [0.4, 0.5) is 17.1 Å². The number of nitro benzene ring substituents is 1. The van der Waals surface area contributed by atoms with E-state index in [2.05, 4.69) is 10.6 Å². The SMILES string of the molecule is CNc1ccc(C(=O)Nc2ccc([N+](=O)[O-])c(C)c2)cc1. The van der Waals surface area contributed by atoms with E-state index in [1.807, 2.05) is 0 Å². The first-order valence-corrected chi connectivity index (χ1v) is 6.35. The first kappa shape index (κ1) is 14.5. The van der Waals surface area contributed by atoms with Gasteiger partial charge >= 0.3 is 0 Å². The van der Waals surface area contributed by atoms with Gasteiger partial charge in [0.25, 0.3) is 11.6 Å². The van der Waals surface area contributed by atoms with Gasteiger partial charge in [0, 0.05) is 35.6 Å². The molecule has 0 aliphatic rings. The molecule has 0 bridgehead atoms. The molecule has 2 rings (SSSR count). The fourth-order valence-electron chi connectivity index (χ4n) is 1.93. The topological polar surface area (TPSA) is 84.3 Å². The molecule has 0 heterocycles. The van der Waals surface area contributed by atoms with Crippen molar-refractivity contribution in [3.63, 3.8) is 0 Å². The van der Waals surface area contributed by atoms with E-state index in [4.69, 9.17) is 0 Å². The number of hydrogen-bond donors (Lipinski definition) is 2. The second-order valence-corrected chi connectivity index (χ2v) is 4.54. The van der Waals surface area contributed by atoms with Crippen molar-refractivity contribution in [2.24, 2.45) is 0 Å². The van der Waals surface area contributed by atoms with Gasteiger partial charge in [-0.1, -0.05) is 0 Å². The Morgan fingerprint density at radius 2 is 1.71 bits per heavy atom. The number of amides is 1. The lowest BCUT2D eigenvalue weighted by molar-refractivity contribution is -0.385. The number of hydrogen-bond acceptors (Lipinski definition) is 4. The van der Waals surface area contributed by atoms with Gasteiger partial charge in [-0.2, -0.15) is 0 Å².